The minimum atomic E-state index is -0.596. The van der Waals surface area contributed by atoms with Crippen LogP contribution in [0.5, 0.6) is 0 Å². The SMILES string of the molecule is [C-]#[N+]c1ccc(-c2c[nH]n(-c3ccc(C(=O)OC(C)(C)C)cn3)c2=O)c(C)c1. The van der Waals surface area contributed by atoms with Gasteiger partial charge in [-0.3, -0.25) is 9.89 Å². The van der Waals surface area contributed by atoms with Crippen molar-refractivity contribution >= 4 is 11.7 Å². The van der Waals surface area contributed by atoms with Crippen molar-refractivity contribution in [1.82, 2.24) is 14.8 Å². The van der Waals surface area contributed by atoms with Crippen LogP contribution in [0.2, 0.25) is 0 Å². The molecule has 142 valence electrons. The Labute approximate surface area is 162 Å². The lowest BCUT2D eigenvalue weighted by Gasteiger charge is -2.19. The predicted molar refractivity (Wildman–Crippen MR) is 106 cm³/mol. The first-order chi connectivity index (χ1) is 13.2. The molecule has 0 aliphatic heterocycles. The second-order valence-corrected chi connectivity index (χ2v) is 7.35. The van der Waals surface area contributed by atoms with Gasteiger partial charge in [0.2, 0.25) is 0 Å². The summed E-state index contributed by atoms with van der Waals surface area (Å²) in [5.74, 6) is -0.111. The van der Waals surface area contributed by atoms with E-state index < -0.39 is 11.6 Å². The Morgan fingerprint density at radius 3 is 2.54 bits per heavy atom. The lowest BCUT2D eigenvalue weighted by Crippen LogP contribution is -2.24. The molecule has 0 fully saturated rings. The summed E-state index contributed by atoms with van der Waals surface area (Å²) in [5.41, 5.74) is 2.04. The number of pyridine rings is 1. The van der Waals surface area contributed by atoms with Crippen molar-refractivity contribution in [2.45, 2.75) is 33.3 Å². The number of esters is 1. The molecule has 3 rings (SSSR count). The van der Waals surface area contributed by atoms with Crippen LogP contribution < -0.4 is 5.56 Å². The van der Waals surface area contributed by atoms with Gasteiger partial charge in [0.05, 0.1) is 17.7 Å². The number of benzene rings is 1. The molecular weight excluding hydrogens is 356 g/mol. The topological polar surface area (TPSA) is 81.3 Å². The van der Waals surface area contributed by atoms with Crippen LogP contribution in [0.25, 0.3) is 21.8 Å². The average Bonchev–Trinajstić information content (AvgIpc) is 3.01. The van der Waals surface area contributed by atoms with Crippen LogP contribution in [-0.4, -0.2) is 26.3 Å². The maximum Gasteiger partial charge on any atom is 0.340 e. The van der Waals surface area contributed by atoms with Crippen molar-refractivity contribution < 1.29 is 9.53 Å². The Kier molecular flexibility index (Phi) is 4.89. The van der Waals surface area contributed by atoms with E-state index in [2.05, 4.69) is 14.9 Å². The number of nitrogens with one attached hydrogen (secondary N) is 1. The van der Waals surface area contributed by atoms with Gasteiger partial charge in [-0.15, -0.1) is 0 Å². The Morgan fingerprint density at radius 1 is 1.21 bits per heavy atom. The average molecular weight is 376 g/mol. The first kappa shape index (κ1) is 19.1. The summed E-state index contributed by atoms with van der Waals surface area (Å²) in [5, 5.41) is 2.90. The Balaban J connectivity index is 1.91. The van der Waals surface area contributed by atoms with Gasteiger partial charge in [-0.05, 0) is 45.4 Å². The molecule has 0 amide bonds. The van der Waals surface area contributed by atoms with E-state index in [9.17, 15) is 9.59 Å². The van der Waals surface area contributed by atoms with E-state index in [-0.39, 0.29) is 5.56 Å². The highest BCUT2D eigenvalue weighted by Crippen LogP contribution is 2.25. The molecule has 0 atom stereocenters. The molecular formula is C21H20N4O3. The van der Waals surface area contributed by atoms with Crippen LogP contribution in [0.3, 0.4) is 0 Å². The number of carbonyl (C=O) groups is 1. The predicted octanol–water partition coefficient (Wildman–Crippen LogP) is 4.04. The van der Waals surface area contributed by atoms with Gasteiger partial charge in [-0.1, -0.05) is 23.8 Å². The van der Waals surface area contributed by atoms with Crippen molar-refractivity contribution in [2.24, 2.45) is 0 Å². The lowest BCUT2D eigenvalue weighted by atomic mass is 10.0. The summed E-state index contributed by atoms with van der Waals surface area (Å²) in [4.78, 5) is 32.5. The van der Waals surface area contributed by atoms with E-state index in [1.165, 1.54) is 10.9 Å². The Hall–Kier alpha value is -3.66. The van der Waals surface area contributed by atoms with Crippen LogP contribution in [0.1, 0.15) is 36.7 Å². The number of aromatic nitrogens is 3. The zero-order valence-corrected chi connectivity index (χ0v) is 16.1. The van der Waals surface area contributed by atoms with E-state index in [4.69, 9.17) is 11.3 Å². The monoisotopic (exact) mass is 376 g/mol. The fourth-order valence-electron chi connectivity index (χ4n) is 2.73. The standard InChI is InChI=1S/C21H20N4O3/c1-13-10-15(22-5)7-8-16(13)17-12-24-25(19(17)26)18-9-6-14(11-23-18)20(27)28-21(2,3)4/h6-12,24H,1-4H3. The normalized spacial score (nSPS) is 11.1. The van der Waals surface area contributed by atoms with Crippen molar-refractivity contribution in [3.05, 3.63) is 75.6 Å². The van der Waals surface area contributed by atoms with Gasteiger partial charge >= 0.3 is 5.97 Å². The maximum absolute atomic E-state index is 12.8. The summed E-state index contributed by atoms with van der Waals surface area (Å²) < 4.78 is 6.61. The quantitative estimate of drug-likeness (QED) is 0.552. The minimum Gasteiger partial charge on any atom is -0.456 e. The first-order valence-corrected chi connectivity index (χ1v) is 8.68. The lowest BCUT2D eigenvalue weighted by molar-refractivity contribution is 0.00691. The summed E-state index contributed by atoms with van der Waals surface area (Å²) in [6, 6.07) is 8.33. The molecule has 0 bridgehead atoms. The van der Waals surface area contributed by atoms with Crippen LogP contribution in [0, 0.1) is 13.5 Å². The number of carbonyl (C=O) groups excluding carboxylic acids is 1. The number of H-pyrrole nitrogens is 1. The van der Waals surface area contributed by atoms with E-state index in [1.54, 1.807) is 57.3 Å². The summed E-state index contributed by atoms with van der Waals surface area (Å²) in [7, 11) is 0. The fourth-order valence-corrected chi connectivity index (χ4v) is 2.73. The van der Waals surface area contributed by atoms with E-state index in [0.29, 0.717) is 22.6 Å². The van der Waals surface area contributed by atoms with Crippen molar-refractivity contribution in [3.8, 4) is 16.9 Å². The summed E-state index contributed by atoms with van der Waals surface area (Å²) in [6.45, 7) is 14.3. The number of hydrogen-bond acceptors (Lipinski definition) is 4. The van der Waals surface area contributed by atoms with Crippen LogP contribution in [-0.2, 0) is 4.74 Å². The van der Waals surface area contributed by atoms with Crippen LogP contribution in [0.4, 0.5) is 5.69 Å². The molecule has 0 aliphatic carbocycles. The van der Waals surface area contributed by atoms with Gasteiger partial charge in [0.25, 0.3) is 5.56 Å². The van der Waals surface area contributed by atoms with Gasteiger partial charge in [0.15, 0.2) is 11.5 Å². The van der Waals surface area contributed by atoms with E-state index in [1.807, 2.05) is 6.92 Å². The minimum absolute atomic E-state index is 0.267. The molecule has 0 saturated carbocycles. The number of ether oxygens (including phenoxy) is 1. The van der Waals surface area contributed by atoms with Gasteiger partial charge in [0, 0.05) is 12.4 Å². The first-order valence-electron chi connectivity index (χ1n) is 8.68. The largest absolute Gasteiger partial charge is 0.456 e. The van der Waals surface area contributed by atoms with E-state index in [0.717, 1.165) is 11.1 Å². The molecule has 1 aromatic carbocycles. The molecule has 2 aromatic heterocycles. The third-order valence-corrected chi connectivity index (χ3v) is 4.01. The van der Waals surface area contributed by atoms with Crippen molar-refractivity contribution in [3.63, 3.8) is 0 Å². The zero-order valence-electron chi connectivity index (χ0n) is 16.1. The molecule has 0 unspecified atom stereocenters. The fraction of sp³-hybridized carbons (Fsp3) is 0.238. The second kappa shape index (κ2) is 7.16. The molecule has 28 heavy (non-hydrogen) atoms. The molecule has 7 nitrogen and oxygen atoms in total. The molecule has 0 radical (unpaired) electrons. The van der Waals surface area contributed by atoms with Crippen molar-refractivity contribution in [2.75, 3.05) is 0 Å². The van der Waals surface area contributed by atoms with Crippen LogP contribution in [0.15, 0.2) is 47.5 Å². The number of nitrogens with zero attached hydrogens (tertiary/aromatic N) is 3. The van der Waals surface area contributed by atoms with Gasteiger partial charge < -0.3 is 4.74 Å². The molecule has 0 spiro atoms. The molecule has 7 heteroatoms. The van der Waals surface area contributed by atoms with Gasteiger partial charge in [-0.2, -0.15) is 0 Å². The summed E-state index contributed by atoms with van der Waals surface area (Å²) >= 11 is 0. The Morgan fingerprint density at radius 2 is 1.96 bits per heavy atom. The maximum atomic E-state index is 12.8. The Bertz CT molecular complexity index is 1130. The molecule has 3 aromatic rings. The van der Waals surface area contributed by atoms with Gasteiger partial charge in [0.1, 0.15) is 5.60 Å². The highest BCUT2D eigenvalue weighted by atomic mass is 16.6. The third-order valence-electron chi connectivity index (χ3n) is 4.01. The molecule has 0 saturated heterocycles. The van der Waals surface area contributed by atoms with Crippen LogP contribution >= 0.6 is 0 Å². The highest BCUT2D eigenvalue weighted by Gasteiger charge is 2.19. The highest BCUT2D eigenvalue weighted by molar-refractivity contribution is 5.89. The molecule has 0 aliphatic rings. The molecule has 1 N–H and O–H groups in total. The van der Waals surface area contributed by atoms with E-state index >= 15 is 0 Å². The number of aryl methyl sites for hydroxylation is 1. The third kappa shape index (κ3) is 3.86. The number of rotatable bonds is 3. The summed E-state index contributed by atoms with van der Waals surface area (Å²) in [6.07, 6.45) is 2.98. The molecule has 2 heterocycles. The smallest absolute Gasteiger partial charge is 0.340 e. The number of aromatic amines is 1. The number of hydrogen-bond donors (Lipinski definition) is 1. The second-order valence-electron chi connectivity index (χ2n) is 7.35. The zero-order chi connectivity index (χ0) is 20.5. The van der Waals surface area contributed by atoms with Crippen molar-refractivity contribution in [1.29, 1.82) is 0 Å². The van der Waals surface area contributed by atoms with Gasteiger partial charge in [-0.25, -0.2) is 19.3 Å².